The predicted molar refractivity (Wildman–Crippen MR) is 164 cm³/mol. The zero-order valence-electron chi connectivity index (χ0n) is 26.4. The van der Waals surface area contributed by atoms with E-state index >= 15 is 0 Å². The largest absolute Gasteiger partial charge is 0.460 e. The standard InChI is InChI=1S/C31H53N7O2/c1-12-15-17-37(22-18-30(8,9)38(24(39)14-3)31(10,11)19-22)26-33-25(32-16-13-2)34-27(35-26)40-23-20-28(4,5)36-29(6,7)21-23/h13-14,22-23,36H,2-3,12,15-21H2,1,4-11H3,(H,32,33,34,35). The van der Waals surface area contributed by atoms with E-state index in [-0.39, 0.29) is 40.2 Å². The summed E-state index contributed by atoms with van der Waals surface area (Å²) < 4.78 is 6.52. The second-order valence-corrected chi connectivity index (χ2v) is 14.1. The summed E-state index contributed by atoms with van der Waals surface area (Å²) in [6, 6.07) is 0.471. The summed E-state index contributed by atoms with van der Waals surface area (Å²) in [5.74, 6) is 1.05. The Morgan fingerprint density at radius 1 is 1.02 bits per heavy atom. The third-order valence-electron chi connectivity index (χ3n) is 7.96. The van der Waals surface area contributed by atoms with E-state index in [4.69, 9.17) is 14.7 Å². The van der Waals surface area contributed by atoms with Gasteiger partial charge in [-0.25, -0.2) is 0 Å². The SMILES string of the molecule is C=CCNc1nc(OC2CC(C)(C)NC(C)(C)C2)nc(N(CCCC)C2CC(C)(C)N(C(=O)C=C)C(C)(C)C2)n1. The highest BCUT2D eigenvalue weighted by molar-refractivity contribution is 5.88. The number of anilines is 2. The molecule has 1 amide bonds. The first-order valence-corrected chi connectivity index (χ1v) is 14.8. The second kappa shape index (κ2) is 12.0. The Morgan fingerprint density at radius 3 is 2.15 bits per heavy atom. The van der Waals surface area contributed by atoms with Crippen molar-refractivity contribution in [3.05, 3.63) is 25.3 Å². The molecule has 2 fully saturated rings. The molecule has 9 nitrogen and oxygen atoms in total. The second-order valence-electron chi connectivity index (χ2n) is 14.1. The number of likely N-dealkylation sites (tertiary alicyclic amines) is 1. The van der Waals surface area contributed by atoms with Crippen molar-refractivity contribution in [1.29, 1.82) is 0 Å². The number of nitrogens with one attached hydrogen (secondary N) is 2. The first kappa shape index (κ1) is 31.8. The first-order valence-electron chi connectivity index (χ1n) is 14.8. The Bertz CT molecular complexity index is 1030. The van der Waals surface area contributed by atoms with Gasteiger partial charge in [0.15, 0.2) is 0 Å². The molecule has 0 spiro atoms. The van der Waals surface area contributed by atoms with Crippen LogP contribution in [0.1, 0.15) is 101 Å². The molecule has 2 aliphatic heterocycles. The average Bonchev–Trinajstić information content (AvgIpc) is 2.79. The lowest BCUT2D eigenvalue weighted by Crippen LogP contribution is -2.66. The summed E-state index contributed by atoms with van der Waals surface area (Å²) in [5, 5.41) is 6.97. The molecule has 2 saturated heterocycles. The van der Waals surface area contributed by atoms with Crippen LogP contribution in [0.25, 0.3) is 0 Å². The van der Waals surface area contributed by atoms with Crippen LogP contribution < -0.4 is 20.3 Å². The number of rotatable bonds is 11. The fourth-order valence-corrected chi connectivity index (χ4v) is 7.14. The van der Waals surface area contributed by atoms with E-state index < -0.39 is 0 Å². The first-order chi connectivity index (χ1) is 18.5. The summed E-state index contributed by atoms with van der Waals surface area (Å²) >= 11 is 0. The zero-order chi connectivity index (χ0) is 29.9. The number of carbonyl (C=O) groups is 1. The quantitative estimate of drug-likeness (QED) is 0.273. The van der Waals surface area contributed by atoms with Crippen molar-refractivity contribution >= 4 is 17.8 Å². The molecule has 40 heavy (non-hydrogen) atoms. The van der Waals surface area contributed by atoms with Gasteiger partial charge in [0.25, 0.3) is 0 Å². The molecule has 0 bridgehead atoms. The van der Waals surface area contributed by atoms with Crippen LogP contribution in [-0.2, 0) is 4.79 Å². The van der Waals surface area contributed by atoms with E-state index in [1.807, 2.05) is 4.90 Å². The van der Waals surface area contributed by atoms with Crippen molar-refractivity contribution in [2.24, 2.45) is 0 Å². The number of piperidine rings is 2. The van der Waals surface area contributed by atoms with E-state index in [1.54, 1.807) is 6.08 Å². The maximum Gasteiger partial charge on any atom is 0.323 e. The van der Waals surface area contributed by atoms with Gasteiger partial charge in [-0.15, -0.1) is 6.58 Å². The number of hydrogen-bond donors (Lipinski definition) is 2. The Morgan fingerprint density at radius 2 is 1.62 bits per heavy atom. The highest BCUT2D eigenvalue weighted by atomic mass is 16.5. The molecular formula is C31H53N7O2. The molecule has 224 valence electrons. The normalized spacial score (nSPS) is 21.9. The van der Waals surface area contributed by atoms with Crippen LogP contribution in [-0.4, -0.2) is 73.2 Å². The van der Waals surface area contributed by atoms with Crippen molar-refractivity contribution in [2.75, 3.05) is 23.3 Å². The van der Waals surface area contributed by atoms with Crippen molar-refractivity contribution < 1.29 is 9.53 Å². The Hall–Kier alpha value is -2.68. The van der Waals surface area contributed by atoms with Crippen LogP contribution in [0.3, 0.4) is 0 Å². The van der Waals surface area contributed by atoms with Gasteiger partial charge in [-0.05, 0) is 80.7 Å². The van der Waals surface area contributed by atoms with E-state index in [9.17, 15) is 4.79 Å². The number of nitrogens with zero attached hydrogens (tertiary/aromatic N) is 5. The molecule has 2 aliphatic rings. The summed E-state index contributed by atoms with van der Waals surface area (Å²) in [5.41, 5.74) is -0.865. The number of hydrogen-bond acceptors (Lipinski definition) is 8. The lowest BCUT2D eigenvalue weighted by molar-refractivity contribution is -0.144. The van der Waals surface area contributed by atoms with E-state index in [0.29, 0.717) is 24.5 Å². The van der Waals surface area contributed by atoms with Crippen molar-refractivity contribution in [3.63, 3.8) is 0 Å². The molecule has 9 heteroatoms. The number of carbonyl (C=O) groups excluding carboxylic acids is 1. The van der Waals surface area contributed by atoms with E-state index in [0.717, 1.165) is 45.1 Å². The fourth-order valence-electron chi connectivity index (χ4n) is 7.14. The molecule has 1 aromatic heterocycles. The molecule has 0 aliphatic carbocycles. The molecule has 2 N–H and O–H groups in total. The Balaban J connectivity index is 2.00. The molecule has 0 saturated carbocycles. The van der Waals surface area contributed by atoms with Gasteiger partial charge in [0.05, 0.1) is 0 Å². The molecule has 0 atom stereocenters. The van der Waals surface area contributed by atoms with Crippen LogP contribution >= 0.6 is 0 Å². The minimum atomic E-state index is -0.370. The van der Waals surface area contributed by atoms with Crippen LogP contribution in [0.5, 0.6) is 6.01 Å². The van der Waals surface area contributed by atoms with Gasteiger partial charge in [0, 0.05) is 54.1 Å². The highest BCUT2D eigenvalue weighted by Gasteiger charge is 2.49. The third kappa shape index (κ3) is 7.74. The van der Waals surface area contributed by atoms with Crippen LogP contribution in [0.2, 0.25) is 0 Å². The molecule has 3 heterocycles. The number of unbranched alkanes of at least 4 members (excludes halogenated alkanes) is 1. The summed E-state index contributed by atoms with van der Waals surface area (Å²) in [6.07, 6.45) is 8.51. The Labute approximate surface area is 242 Å². The summed E-state index contributed by atoms with van der Waals surface area (Å²) in [7, 11) is 0. The van der Waals surface area contributed by atoms with Crippen LogP contribution in [0.15, 0.2) is 25.3 Å². The predicted octanol–water partition coefficient (Wildman–Crippen LogP) is 5.50. The van der Waals surface area contributed by atoms with Gasteiger partial charge >= 0.3 is 6.01 Å². The van der Waals surface area contributed by atoms with E-state index in [2.05, 4.69) is 96.0 Å². The number of aromatic nitrogens is 3. The minimum absolute atomic E-state index is 0.0242. The van der Waals surface area contributed by atoms with Crippen LogP contribution in [0.4, 0.5) is 11.9 Å². The molecule has 0 radical (unpaired) electrons. The Kier molecular flexibility index (Phi) is 9.59. The topological polar surface area (TPSA) is 95.5 Å². The van der Waals surface area contributed by atoms with Gasteiger partial charge in [0.2, 0.25) is 17.8 Å². The van der Waals surface area contributed by atoms with Gasteiger partial charge in [0.1, 0.15) is 6.10 Å². The summed E-state index contributed by atoms with van der Waals surface area (Å²) in [4.78, 5) is 31.7. The van der Waals surface area contributed by atoms with Gasteiger partial charge in [-0.1, -0.05) is 26.0 Å². The minimum Gasteiger partial charge on any atom is -0.460 e. The third-order valence-corrected chi connectivity index (χ3v) is 7.96. The summed E-state index contributed by atoms with van der Waals surface area (Å²) in [6.45, 7) is 28.5. The van der Waals surface area contributed by atoms with Gasteiger partial charge in [-0.2, -0.15) is 15.0 Å². The molecule has 0 unspecified atom stereocenters. The fraction of sp³-hybridized carbons (Fsp3) is 0.742. The zero-order valence-corrected chi connectivity index (χ0v) is 26.4. The average molecular weight is 556 g/mol. The molecule has 0 aromatic carbocycles. The van der Waals surface area contributed by atoms with Crippen molar-refractivity contribution in [2.45, 2.75) is 135 Å². The van der Waals surface area contributed by atoms with Crippen molar-refractivity contribution in [1.82, 2.24) is 25.2 Å². The van der Waals surface area contributed by atoms with Gasteiger partial charge < -0.3 is 25.2 Å². The maximum atomic E-state index is 12.9. The van der Waals surface area contributed by atoms with Crippen LogP contribution in [0, 0.1) is 0 Å². The smallest absolute Gasteiger partial charge is 0.323 e. The van der Waals surface area contributed by atoms with Crippen molar-refractivity contribution in [3.8, 4) is 6.01 Å². The maximum absolute atomic E-state index is 12.9. The monoisotopic (exact) mass is 555 g/mol. The molecule has 1 aromatic rings. The molecule has 3 rings (SSSR count). The lowest BCUT2D eigenvalue weighted by Gasteiger charge is -2.56. The van der Waals surface area contributed by atoms with Gasteiger partial charge in [-0.3, -0.25) is 4.79 Å². The lowest BCUT2D eigenvalue weighted by atomic mass is 9.76. The highest BCUT2D eigenvalue weighted by Crippen LogP contribution is 2.41. The van der Waals surface area contributed by atoms with E-state index in [1.165, 1.54) is 6.08 Å². The number of ether oxygens (including phenoxy) is 1. The molecular weight excluding hydrogens is 502 g/mol. The number of amides is 1.